The van der Waals surface area contributed by atoms with Crippen molar-refractivity contribution in [2.45, 2.75) is 66.4 Å². The molecular formula is C15H27NO2. The Morgan fingerprint density at radius 1 is 1.28 bits per heavy atom. The van der Waals surface area contributed by atoms with E-state index in [0.29, 0.717) is 11.3 Å². The molecule has 1 N–H and O–H groups in total. The number of alkyl carbamates (subject to hydrolysis) is 1. The van der Waals surface area contributed by atoms with Crippen LogP contribution in [0.3, 0.4) is 0 Å². The van der Waals surface area contributed by atoms with Gasteiger partial charge >= 0.3 is 6.09 Å². The van der Waals surface area contributed by atoms with Crippen LogP contribution in [0.15, 0.2) is 11.8 Å². The van der Waals surface area contributed by atoms with Crippen LogP contribution >= 0.6 is 0 Å². The molecule has 0 aromatic heterocycles. The fraction of sp³-hybridized carbons (Fsp3) is 0.800. The molecule has 1 aliphatic carbocycles. The molecule has 1 rings (SSSR count). The first kappa shape index (κ1) is 15.1. The summed E-state index contributed by atoms with van der Waals surface area (Å²) in [7, 11) is 0. The van der Waals surface area contributed by atoms with Gasteiger partial charge < -0.3 is 4.74 Å². The van der Waals surface area contributed by atoms with Gasteiger partial charge in [-0.3, -0.25) is 5.32 Å². The molecule has 3 nitrogen and oxygen atoms in total. The lowest BCUT2D eigenvalue weighted by Gasteiger charge is -2.33. The van der Waals surface area contributed by atoms with Gasteiger partial charge in [0.25, 0.3) is 0 Å². The Kier molecular flexibility index (Phi) is 4.46. The standard InChI is InChI=1S/C15H27NO2/c1-14(2,3)11-7-9-12(10-8-11)16-13(17)18-15(4,5)6/h9,11H,7-8,10H2,1-6H3,(H,16,17). The van der Waals surface area contributed by atoms with Crippen LogP contribution in [0.1, 0.15) is 60.8 Å². The Bertz CT molecular complexity index is 331. The minimum Gasteiger partial charge on any atom is -0.444 e. The monoisotopic (exact) mass is 253 g/mol. The predicted octanol–water partition coefficient (Wildman–Crippen LogP) is 4.24. The molecule has 0 radical (unpaired) electrons. The molecule has 0 saturated heterocycles. The molecule has 0 heterocycles. The van der Waals surface area contributed by atoms with Crippen molar-refractivity contribution in [1.29, 1.82) is 0 Å². The van der Waals surface area contributed by atoms with E-state index in [9.17, 15) is 4.79 Å². The van der Waals surface area contributed by atoms with E-state index in [1.165, 1.54) is 0 Å². The second-order valence-corrected chi connectivity index (χ2v) is 7.19. The van der Waals surface area contributed by atoms with Gasteiger partial charge in [0.15, 0.2) is 0 Å². The molecule has 1 unspecified atom stereocenters. The summed E-state index contributed by atoms with van der Waals surface area (Å²) in [5.74, 6) is 0.696. The summed E-state index contributed by atoms with van der Waals surface area (Å²) in [5, 5.41) is 2.85. The first-order valence-electron chi connectivity index (χ1n) is 6.77. The van der Waals surface area contributed by atoms with Crippen LogP contribution in [0.5, 0.6) is 0 Å². The average molecular weight is 253 g/mol. The highest BCUT2D eigenvalue weighted by Crippen LogP contribution is 2.36. The molecule has 0 aromatic rings. The third-order valence-electron chi connectivity index (χ3n) is 3.30. The highest BCUT2D eigenvalue weighted by molar-refractivity contribution is 5.70. The fourth-order valence-corrected chi connectivity index (χ4v) is 2.17. The lowest BCUT2D eigenvalue weighted by Crippen LogP contribution is -2.33. The number of allylic oxidation sites excluding steroid dienone is 2. The van der Waals surface area contributed by atoms with Gasteiger partial charge in [0.1, 0.15) is 5.60 Å². The normalized spacial score (nSPS) is 21.2. The van der Waals surface area contributed by atoms with E-state index < -0.39 is 5.60 Å². The van der Waals surface area contributed by atoms with Crippen LogP contribution < -0.4 is 5.32 Å². The van der Waals surface area contributed by atoms with E-state index >= 15 is 0 Å². The van der Waals surface area contributed by atoms with Gasteiger partial charge in [-0.05, 0) is 51.4 Å². The van der Waals surface area contributed by atoms with Gasteiger partial charge in [-0.15, -0.1) is 0 Å². The number of carbonyl (C=O) groups excluding carboxylic acids is 1. The van der Waals surface area contributed by atoms with E-state index in [-0.39, 0.29) is 6.09 Å². The molecule has 1 amide bonds. The van der Waals surface area contributed by atoms with Crippen LogP contribution in [0, 0.1) is 11.3 Å². The van der Waals surface area contributed by atoms with Crippen molar-refractivity contribution in [3.8, 4) is 0 Å². The molecule has 0 saturated carbocycles. The number of hydrogen-bond donors (Lipinski definition) is 1. The SMILES string of the molecule is CC(C)(C)OC(=O)NC1=CCC(C(C)(C)C)CC1. The van der Waals surface area contributed by atoms with E-state index in [1.807, 2.05) is 20.8 Å². The van der Waals surface area contributed by atoms with Crippen LogP contribution in [0.4, 0.5) is 4.79 Å². The molecule has 1 atom stereocenters. The molecule has 1 aliphatic rings. The van der Waals surface area contributed by atoms with Crippen LogP contribution in [-0.4, -0.2) is 11.7 Å². The Morgan fingerprint density at radius 2 is 1.89 bits per heavy atom. The number of rotatable bonds is 1. The van der Waals surface area contributed by atoms with Crippen molar-refractivity contribution in [2.24, 2.45) is 11.3 Å². The Hall–Kier alpha value is -0.990. The lowest BCUT2D eigenvalue weighted by atomic mass is 9.74. The zero-order chi connectivity index (χ0) is 14.0. The summed E-state index contributed by atoms with van der Waals surface area (Å²) in [6.45, 7) is 12.4. The molecule has 0 aromatic carbocycles. The maximum atomic E-state index is 11.6. The summed E-state index contributed by atoms with van der Waals surface area (Å²) < 4.78 is 5.24. The van der Waals surface area contributed by atoms with Crippen molar-refractivity contribution in [2.75, 3.05) is 0 Å². The number of hydrogen-bond acceptors (Lipinski definition) is 2. The lowest BCUT2D eigenvalue weighted by molar-refractivity contribution is 0.0541. The van der Waals surface area contributed by atoms with Crippen LogP contribution in [-0.2, 0) is 4.74 Å². The molecular weight excluding hydrogens is 226 g/mol. The molecule has 0 fully saturated rings. The van der Waals surface area contributed by atoms with Crippen molar-refractivity contribution < 1.29 is 9.53 Å². The van der Waals surface area contributed by atoms with Gasteiger partial charge in [0, 0.05) is 5.70 Å². The maximum absolute atomic E-state index is 11.6. The zero-order valence-corrected chi connectivity index (χ0v) is 12.6. The summed E-state index contributed by atoms with van der Waals surface area (Å²) in [4.78, 5) is 11.6. The van der Waals surface area contributed by atoms with E-state index in [0.717, 1.165) is 25.0 Å². The first-order chi connectivity index (χ1) is 8.08. The highest BCUT2D eigenvalue weighted by atomic mass is 16.6. The molecule has 0 bridgehead atoms. The van der Waals surface area contributed by atoms with Crippen molar-refractivity contribution >= 4 is 6.09 Å². The zero-order valence-electron chi connectivity index (χ0n) is 12.6. The number of nitrogens with one attached hydrogen (secondary N) is 1. The minimum atomic E-state index is -0.437. The fourth-order valence-electron chi connectivity index (χ4n) is 2.17. The van der Waals surface area contributed by atoms with E-state index in [1.54, 1.807) is 0 Å². The first-order valence-corrected chi connectivity index (χ1v) is 6.77. The third-order valence-corrected chi connectivity index (χ3v) is 3.30. The van der Waals surface area contributed by atoms with Crippen LogP contribution in [0.25, 0.3) is 0 Å². The number of carbonyl (C=O) groups is 1. The van der Waals surface area contributed by atoms with Gasteiger partial charge in [0.05, 0.1) is 0 Å². The third kappa shape index (κ3) is 5.11. The summed E-state index contributed by atoms with van der Waals surface area (Å²) >= 11 is 0. The Labute approximate surface area is 111 Å². The summed E-state index contributed by atoms with van der Waals surface area (Å²) in [6, 6.07) is 0. The second-order valence-electron chi connectivity index (χ2n) is 7.19. The predicted molar refractivity (Wildman–Crippen MR) is 74.2 cm³/mol. The average Bonchev–Trinajstić information content (AvgIpc) is 2.13. The summed E-state index contributed by atoms with van der Waals surface area (Å²) in [6.07, 6.45) is 4.90. The number of ether oxygens (including phenoxy) is 1. The van der Waals surface area contributed by atoms with E-state index in [2.05, 4.69) is 32.2 Å². The van der Waals surface area contributed by atoms with Crippen molar-refractivity contribution in [1.82, 2.24) is 5.32 Å². The van der Waals surface area contributed by atoms with Gasteiger partial charge in [-0.2, -0.15) is 0 Å². The second kappa shape index (κ2) is 5.33. The maximum Gasteiger partial charge on any atom is 0.411 e. The summed E-state index contributed by atoms with van der Waals surface area (Å²) in [5.41, 5.74) is 0.908. The van der Waals surface area contributed by atoms with Gasteiger partial charge in [-0.1, -0.05) is 26.8 Å². The van der Waals surface area contributed by atoms with Gasteiger partial charge in [-0.25, -0.2) is 4.79 Å². The number of amides is 1. The van der Waals surface area contributed by atoms with Crippen LogP contribution in [0.2, 0.25) is 0 Å². The smallest absolute Gasteiger partial charge is 0.411 e. The van der Waals surface area contributed by atoms with Crippen molar-refractivity contribution in [3.05, 3.63) is 11.8 Å². The minimum absolute atomic E-state index is 0.341. The molecule has 18 heavy (non-hydrogen) atoms. The van der Waals surface area contributed by atoms with Gasteiger partial charge in [0.2, 0.25) is 0 Å². The molecule has 0 spiro atoms. The highest BCUT2D eigenvalue weighted by Gasteiger charge is 2.27. The molecule has 104 valence electrons. The molecule has 3 heteroatoms. The Morgan fingerprint density at radius 3 is 2.28 bits per heavy atom. The van der Waals surface area contributed by atoms with Crippen molar-refractivity contribution in [3.63, 3.8) is 0 Å². The van der Waals surface area contributed by atoms with E-state index in [4.69, 9.17) is 4.74 Å². The largest absolute Gasteiger partial charge is 0.444 e. The quantitative estimate of drug-likeness (QED) is 0.759. The topological polar surface area (TPSA) is 38.3 Å². The Balaban J connectivity index is 2.47. The molecule has 0 aliphatic heterocycles.